The molecule has 9 atom stereocenters. The van der Waals surface area contributed by atoms with E-state index in [0.29, 0.717) is 48.2 Å². The molecule has 0 N–H and O–H groups in total. The Hall–Kier alpha value is -0.630. The van der Waals surface area contributed by atoms with E-state index in [9.17, 15) is 14.4 Å². The molecule has 0 heterocycles. The van der Waals surface area contributed by atoms with Gasteiger partial charge in [-0.15, -0.1) is 0 Å². The molecule has 0 aromatic rings. The van der Waals surface area contributed by atoms with Crippen molar-refractivity contribution in [3.05, 3.63) is 0 Å². The first-order chi connectivity index (χ1) is 28.1. The highest BCUT2D eigenvalue weighted by atomic mass is 79.9. The molecule has 4 aliphatic carbocycles. The summed E-state index contributed by atoms with van der Waals surface area (Å²) in [7, 11) is 0. The van der Waals surface area contributed by atoms with Crippen LogP contribution in [0, 0.1) is 46.3 Å². The van der Waals surface area contributed by atoms with E-state index < -0.39 is 0 Å². The molecule has 0 amide bonds. The van der Waals surface area contributed by atoms with Gasteiger partial charge in [0, 0.05) is 17.1 Å². The molecular formula is C50H86Br2O6. The molecule has 8 heteroatoms. The van der Waals surface area contributed by atoms with Crippen molar-refractivity contribution in [2.24, 2.45) is 46.3 Å². The van der Waals surface area contributed by atoms with Crippen molar-refractivity contribution in [1.29, 1.82) is 0 Å². The third kappa shape index (κ3) is 15.9. The number of carbonyl (C=O) groups is 3. The average Bonchev–Trinajstić information content (AvgIpc) is 3.57. The fourth-order valence-corrected chi connectivity index (χ4v) is 13.5. The van der Waals surface area contributed by atoms with Gasteiger partial charge < -0.3 is 14.2 Å². The zero-order valence-electron chi connectivity index (χ0n) is 37.5. The highest BCUT2D eigenvalue weighted by molar-refractivity contribution is 9.09. The zero-order valence-corrected chi connectivity index (χ0v) is 40.7. The van der Waals surface area contributed by atoms with Crippen LogP contribution < -0.4 is 0 Å². The minimum Gasteiger partial charge on any atom is -0.466 e. The van der Waals surface area contributed by atoms with Gasteiger partial charge in [0.1, 0.15) is 6.10 Å². The van der Waals surface area contributed by atoms with Crippen LogP contribution in [0.2, 0.25) is 0 Å². The molecule has 4 aliphatic rings. The maximum atomic E-state index is 12.8. The SMILES string of the molecule is C[C@H](CCC(=O)OCCCCCCCCCCCBr)[C@H]1CC[C@H]2[C@@H]3CC[C@@H]4C[C@H](OC(=O)CCC(=O)OCCCCCCCCCCCBr)CC[C@]4(C)[C@H]3CC[C@]12C. The number of esters is 3. The summed E-state index contributed by atoms with van der Waals surface area (Å²) >= 11 is 7.01. The molecule has 0 spiro atoms. The van der Waals surface area contributed by atoms with Crippen LogP contribution in [0.4, 0.5) is 0 Å². The number of unbranched alkanes of at least 4 members (excludes halogenated alkanes) is 16. The van der Waals surface area contributed by atoms with Crippen molar-refractivity contribution in [1.82, 2.24) is 0 Å². The van der Waals surface area contributed by atoms with Crippen LogP contribution in [0.25, 0.3) is 0 Å². The van der Waals surface area contributed by atoms with E-state index in [2.05, 4.69) is 52.6 Å². The first-order valence-corrected chi connectivity index (χ1v) is 27.0. The van der Waals surface area contributed by atoms with Crippen LogP contribution in [-0.2, 0) is 28.6 Å². The first kappa shape index (κ1) is 50.0. The zero-order chi connectivity index (χ0) is 41.6. The molecule has 4 saturated carbocycles. The summed E-state index contributed by atoms with van der Waals surface area (Å²) in [5.74, 6) is 3.69. The van der Waals surface area contributed by atoms with Gasteiger partial charge in [0.15, 0.2) is 0 Å². The van der Waals surface area contributed by atoms with Crippen molar-refractivity contribution in [3.63, 3.8) is 0 Å². The normalized spacial score (nSPS) is 29.5. The molecule has 0 aliphatic heterocycles. The lowest BCUT2D eigenvalue weighted by atomic mass is 9.44. The van der Waals surface area contributed by atoms with E-state index in [-0.39, 0.29) is 36.9 Å². The van der Waals surface area contributed by atoms with Crippen molar-refractivity contribution in [2.75, 3.05) is 23.9 Å². The topological polar surface area (TPSA) is 78.9 Å². The number of halogens is 2. The second kappa shape index (κ2) is 27.4. The van der Waals surface area contributed by atoms with Crippen LogP contribution in [0.5, 0.6) is 0 Å². The van der Waals surface area contributed by atoms with Gasteiger partial charge in [-0.25, -0.2) is 0 Å². The monoisotopic (exact) mass is 940 g/mol. The predicted octanol–water partition coefficient (Wildman–Crippen LogP) is 14.7. The molecule has 0 aromatic carbocycles. The molecule has 0 radical (unpaired) electrons. The minimum absolute atomic E-state index is 0.00561. The van der Waals surface area contributed by atoms with Gasteiger partial charge >= 0.3 is 17.9 Å². The van der Waals surface area contributed by atoms with Gasteiger partial charge in [0.25, 0.3) is 0 Å². The summed E-state index contributed by atoms with van der Waals surface area (Å²) in [6, 6.07) is 0. The molecule has 4 fully saturated rings. The maximum absolute atomic E-state index is 12.8. The van der Waals surface area contributed by atoms with Crippen LogP contribution >= 0.6 is 31.9 Å². The number of ether oxygens (including phenoxy) is 3. The average molecular weight is 943 g/mol. The third-order valence-corrected chi connectivity index (χ3v) is 17.2. The molecule has 4 rings (SSSR count). The Balaban J connectivity index is 1.08. The van der Waals surface area contributed by atoms with Crippen molar-refractivity contribution >= 4 is 49.8 Å². The summed E-state index contributed by atoms with van der Waals surface area (Å²) in [6.07, 6.45) is 35.0. The van der Waals surface area contributed by atoms with E-state index in [4.69, 9.17) is 14.2 Å². The molecule has 6 nitrogen and oxygen atoms in total. The van der Waals surface area contributed by atoms with Gasteiger partial charge in [0.2, 0.25) is 0 Å². The van der Waals surface area contributed by atoms with Crippen LogP contribution in [0.1, 0.15) is 220 Å². The van der Waals surface area contributed by atoms with Gasteiger partial charge in [-0.1, -0.05) is 143 Å². The van der Waals surface area contributed by atoms with Gasteiger partial charge in [0.05, 0.1) is 26.1 Å². The number of hydrogen-bond acceptors (Lipinski definition) is 6. The smallest absolute Gasteiger partial charge is 0.306 e. The quantitative estimate of drug-likeness (QED) is 0.0309. The Labute approximate surface area is 372 Å². The number of alkyl halides is 2. The lowest BCUT2D eigenvalue weighted by molar-refractivity contribution is -0.164. The molecular weight excluding hydrogens is 856 g/mol. The van der Waals surface area contributed by atoms with Crippen LogP contribution in [0.3, 0.4) is 0 Å². The van der Waals surface area contributed by atoms with E-state index in [0.717, 1.165) is 73.4 Å². The summed E-state index contributed by atoms with van der Waals surface area (Å²) < 4.78 is 17.1. The third-order valence-electron chi connectivity index (χ3n) is 16.1. The minimum atomic E-state index is -0.275. The van der Waals surface area contributed by atoms with Gasteiger partial charge in [-0.2, -0.15) is 0 Å². The second-order valence-electron chi connectivity index (χ2n) is 20.0. The molecule has 0 saturated heterocycles. The van der Waals surface area contributed by atoms with Crippen molar-refractivity contribution in [3.8, 4) is 0 Å². The second-order valence-corrected chi connectivity index (χ2v) is 21.6. The van der Waals surface area contributed by atoms with Gasteiger partial charge in [-0.3, -0.25) is 14.4 Å². The lowest BCUT2D eigenvalue weighted by Gasteiger charge is -2.61. The highest BCUT2D eigenvalue weighted by Gasteiger charge is 2.60. The maximum Gasteiger partial charge on any atom is 0.306 e. The van der Waals surface area contributed by atoms with Crippen LogP contribution in [0.15, 0.2) is 0 Å². The summed E-state index contributed by atoms with van der Waals surface area (Å²) in [6.45, 7) is 8.65. The lowest BCUT2D eigenvalue weighted by Crippen LogP contribution is -2.54. The number of rotatable bonds is 30. The Morgan fingerprint density at radius 2 is 1.03 bits per heavy atom. The number of carbonyl (C=O) groups excluding carboxylic acids is 3. The Kier molecular flexibility index (Phi) is 23.7. The van der Waals surface area contributed by atoms with E-state index in [1.807, 2.05) is 0 Å². The van der Waals surface area contributed by atoms with Crippen molar-refractivity contribution in [2.45, 2.75) is 226 Å². The summed E-state index contributed by atoms with van der Waals surface area (Å²) in [4.78, 5) is 37.9. The number of fused-ring (bicyclic) bond motifs is 5. The van der Waals surface area contributed by atoms with E-state index >= 15 is 0 Å². The Morgan fingerprint density at radius 3 is 1.60 bits per heavy atom. The van der Waals surface area contributed by atoms with Crippen molar-refractivity contribution < 1.29 is 28.6 Å². The fraction of sp³-hybridized carbons (Fsp3) is 0.940. The van der Waals surface area contributed by atoms with Gasteiger partial charge in [-0.05, 0) is 136 Å². The molecule has 336 valence electrons. The Morgan fingerprint density at radius 1 is 0.552 bits per heavy atom. The fourth-order valence-electron chi connectivity index (χ4n) is 12.7. The highest BCUT2D eigenvalue weighted by Crippen LogP contribution is 2.68. The molecule has 0 unspecified atom stereocenters. The van der Waals surface area contributed by atoms with E-state index in [1.54, 1.807) is 0 Å². The Bertz CT molecular complexity index is 1180. The van der Waals surface area contributed by atoms with E-state index in [1.165, 1.54) is 135 Å². The first-order valence-electron chi connectivity index (χ1n) is 24.7. The molecule has 0 aromatic heterocycles. The number of hydrogen-bond donors (Lipinski definition) is 0. The van der Waals surface area contributed by atoms with Crippen LogP contribution in [-0.4, -0.2) is 47.9 Å². The standard InChI is InChI=1S/C50H86Br2O6/c1-39(22-27-46(53)56-36-20-16-12-8-4-6-10-14-18-34-51)43-25-26-44-42-24-23-40-38-41(30-32-49(40,2)45(42)31-33-50(43,44)3)58-48(55)29-28-47(54)57-37-21-17-13-9-5-7-11-15-19-35-52/h39-45H,4-38H2,1-3H3/t39-,40-,41-,42+,43-,44+,45+,49+,50-/m1/s1. The largest absolute Gasteiger partial charge is 0.466 e. The predicted molar refractivity (Wildman–Crippen MR) is 245 cm³/mol. The summed E-state index contributed by atoms with van der Waals surface area (Å²) in [5.41, 5.74) is 0.700. The molecule has 58 heavy (non-hydrogen) atoms. The molecule has 0 bridgehead atoms. The summed E-state index contributed by atoms with van der Waals surface area (Å²) in [5, 5.41) is 2.24.